The number of carbonyl (C=O) groups excluding carboxylic acids is 3. The van der Waals surface area contributed by atoms with Gasteiger partial charge in [-0.25, -0.2) is 5.01 Å². The van der Waals surface area contributed by atoms with Crippen LogP contribution in [0.25, 0.3) is 0 Å². The van der Waals surface area contributed by atoms with Crippen LogP contribution >= 0.6 is 23.8 Å². The molecule has 1 fully saturated rings. The minimum atomic E-state index is -1.16. The van der Waals surface area contributed by atoms with Crippen molar-refractivity contribution in [1.82, 2.24) is 10.4 Å². The van der Waals surface area contributed by atoms with E-state index in [0.717, 1.165) is 5.01 Å². The first-order chi connectivity index (χ1) is 18.2. The Balaban J connectivity index is 1.51. The van der Waals surface area contributed by atoms with Crippen molar-refractivity contribution in [1.29, 1.82) is 0 Å². The van der Waals surface area contributed by atoms with Crippen molar-refractivity contribution in [3.05, 3.63) is 94.0 Å². The highest BCUT2D eigenvalue weighted by Gasteiger charge is 2.45. The SMILES string of the molecule is O=C(CC1C(=O)N(c2ccccc2)C(=S)N1NC(=O)COc1ccccc1[N+](=O)[O-])Nc1ccc(Cl)cc1. The molecule has 0 spiro atoms. The van der Waals surface area contributed by atoms with Gasteiger partial charge in [0.25, 0.3) is 11.8 Å². The van der Waals surface area contributed by atoms with E-state index < -0.39 is 35.3 Å². The molecule has 0 bridgehead atoms. The lowest BCUT2D eigenvalue weighted by molar-refractivity contribution is -0.385. The number of hydrogen-bond donors (Lipinski definition) is 2. The predicted molar refractivity (Wildman–Crippen MR) is 144 cm³/mol. The number of para-hydroxylation sites is 3. The van der Waals surface area contributed by atoms with Crippen molar-refractivity contribution in [2.75, 3.05) is 16.8 Å². The molecule has 194 valence electrons. The summed E-state index contributed by atoms with van der Waals surface area (Å²) in [5, 5.41) is 15.5. The van der Waals surface area contributed by atoms with Crippen LogP contribution in [0.3, 0.4) is 0 Å². The molecule has 2 N–H and O–H groups in total. The lowest BCUT2D eigenvalue weighted by atomic mass is 10.1. The van der Waals surface area contributed by atoms with Crippen LogP contribution in [-0.2, 0) is 14.4 Å². The van der Waals surface area contributed by atoms with Crippen molar-refractivity contribution in [2.24, 2.45) is 0 Å². The van der Waals surface area contributed by atoms with E-state index in [0.29, 0.717) is 16.4 Å². The Hall–Kier alpha value is -4.55. The third-order valence-electron chi connectivity index (χ3n) is 5.40. The second-order valence-corrected chi connectivity index (χ2v) is 8.79. The van der Waals surface area contributed by atoms with Gasteiger partial charge in [-0.1, -0.05) is 41.9 Å². The molecule has 1 unspecified atom stereocenters. The number of halogens is 1. The second-order valence-electron chi connectivity index (χ2n) is 7.99. The molecule has 0 saturated carbocycles. The van der Waals surface area contributed by atoms with Gasteiger partial charge in [0.15, 0.2) is 12.4 Å². The minimum absolute atomic E-state index is 0.0514. The van der Waals surface area contributed by atoms with E-state index in [1.165, 1.54) is 29.2 Å². The van der Waals surface area contributed by atoms with E-state index in [2.05, 4.69) is 10.7 Å². The van der Waals surface area contributed by atoms with Gasteiger partial charge in [0.2, 0.25) is 11.0 Å². The average molecular weight is 554 g/mol. The summed E-state index contributed by atoms with van der Waals surface area (Å²) in [5.41, 5.74) is 3.13. The van der Waals surface area contributed by atoms with E-state index in [9.17, 15) is 24.5 Å². The predicted octanol–water partition coefficient (Wildman–Crippen LogP) is 3.69. The first-order valence-electron chi connectivity index (χ1n) is 11.2. The number of hydrazine groups is 1. The number of thiocarbonyl (C=S) groups is 1. The van der Waals surface area contributed by atoms with E-state index in [-0.39, 0.29) is 23.0 Å². The highest BCUT2D eigenvalue weighted by molar-refractivity contribution is 7.80. The summed E-state index contributed by atoms with van der Waals surface area (Å²) in [6.45, 7) is -0.604. The maximum absolute atomic E-state index is 13.4. The summed E-state index contributed by atoms with van der Waals surface area (Å²) >= 11 is 11.4. The Labute approximate surface area is 227 Å². The Morgan fingerprint density at radius 2 is 1.66 bits per heavy atom. The van der Waals surface area contributed by atoms with Crippen molar-refractivity contribution >= 4 is 63.7 Å². The zero-order valence-electron chi connectivity index (χ0n) is 19.6. The molecular formula is C25H20ClN5O6S. The number of nitrogens with one attached hydrogen (secondary N) is 2. The molecule has 1 aliphatic heterocycles. The minimum Gasteiger partial charge on any atom is -0.477 e. The summed E-state index contributed by atoms with van der Waals surface area (Å²) in [4.78, 5) is 50.7. The monoisotopic (exact) mass is 553 g/mol. The Bertz CT molecular complexity index is 1390. The number of rotatable bonds is 9. The van der Waals surface area contributed by atoms with Crippen LogP contribution in [-0.4, -0.2) is 45.4 Å². The van der Waals surface area contributed by atoms with Crippen molar-refractivity contribution in [2.45, 2.75) is 12.5 Å². The van der Waals surface area contributed by atoms with E-state index in [1.807, 2.05) is 0 Å². The molecule has 11 nitrogen and oxygen atoms in total. The van der Waals surface area contributed by atoms with Gasteiger partial charge in [-0.05, 0) is 54.7 Å². The highest BCUT2D eigenvalue weighted by atomic mass is 35.5. The third kappa shape index (κ3) is 6.05. The fourth-order valence-electron chi connectivity index (χ4n) is 3.67. The number of nitrogens with zero attached hydrogens (tertiary/aromatic N) is 3. The molecule has 0 aromatic heterocycles. The number of hydrogen-bond acceptors (Lipinski definition) is 7. The lowest BCUT2D eigenvalue weighted by Gasteiger charge is -2.24. The lowest BCUT2D eigenvalue weighted by Crippen LogP contribution is -2.51. The molecular weight excluding hydrogens is 534 g/mol. The van der Waals surface area contributed by atoms with Gasteiger partial charge in [0.1, 0.15) is 6.04 Å². The maximum atomic E-state index is 13.4. The molecule has 13 heteroatoms. The first-order valence-corrected chi connectivity index (χ1v) is 12.0. The van der Waals surface area contributed by atoms with Crippen molar-refractivity contribution < 1.29 is 24.0 Å². The normalized spacial score (nSPS) is 14.8. The summed E-state index contributed by atoms with van der Waals surface area (Å²) in [5.74, 6) is -1.86. The first kappa shape index (κ1) is 26.5. The quantitative estimate of drug-likeness (QED) is 0.233. The number of carbonyl (C=O) groups is 3. The summed E-state index contributed by atoms with van der Waals surface area (Å²) < 4.78 is 5.34. The van der Waals surface area contributed by atoms with Gasteiger partial charge in [-0.2, -0.15) is 0 Å². The molecule has 1 heterocycles. The molecule has 38 heavy (non-hydrogen) atoms. The molecule has 4 rings (SSSR count). The molecule has 3 amide bonds. The molecule has 0 radical (unpaired) electrons. The summed E-state index contributed by atoms with van der Waals surface area (Å²) in [6.07, 6.45) is -0.337. The fourth-order valence-corrected chi connectivity index (χ4v) is 4.17. The van der Waals surface area contributed by atoms with Gasteiger partial charge in [0.05, 0.1) is 17.0 Å². The average Bonchev–Trinajstić information content (AvgIpc) is 3.13. The highest BCUT2D eigenvalue weighted by Crippen LogP contribution is 2.27. The maximum Gasteiger partial charge on any atom is 0.310 e. The number of benzene rings is 3. The third-order valence-corrected chi connectivity index (χ3v) is 6.03. The molecule has 0 aliphatic carbocycles. The number of ether oxygens (including phenoxy) is 1. The largest absolute Gasteiger partial charge is 0.477 e. The molecule has 1 aliphatic rings. The van der Waals surface area contributed by atoms with Crippen LogP contribution in [0.2, 0.25) is 5.02 Å². The van der Waals surface area contributed by atoms with Crippen LogP contribution in [0.4, 0.5) is 17.1 Å². The molecule has 3 aromatic carbocycles. The standard InChI is InChI=1S/C25H20ClN5O6S/c26-16-10-12-17(13-11-16)27-22(32)14-20-24(34)29(18-6-2-1-3-7-18)25(38)30(20)28-23(33)15-37-21-9-5-4-8-19(21)31(35)36/h1-13,20H,14-15H2,(H,27,32)(H,28,33). The van der Waals surface area contributed by atoms with Gasteiger partial charge >= 0.3 is 5.69 Å². The van der Waals surface area contributed by atoms with Crippen LogP contribution in [0.1, 0.15) is 6.42 Å². The van der Waals surface area contributed by atoms with Gasteiger partial charge < -0.3 is 10.1 Å². The van der Waals surface area contributed by atoms with Gasteiger partial charge in [-0.15, -0.1) is 0 Å². The van der Waals surface area contributed by atoms with Crippen molar-refractivity contribution in [3.63, 3.8) is 0 Å². The second kappa shape index (κ2) is 11.7. The fraction of sp³-hybridized carbons (Fsp3) is 0.120. The Morgan fingerprint density at radius 3 is 2.34 bits per heavy atom. The summed E-state index contributed by atoms with van der Waals surface area (Å²) in [7, 11) is 0. The summed E-state index contributed by atoms with van der Waals surface area (Å²) in [6, 6.07) is 19.4. The van der Waals surface area contributed by atoms with Crippen LogP contribution < -0.4 is 20.4 Å². The van der Waals surface area contributed by atoms with E-state index in [1.54, 1.807) is 54.6 Å². The molecule has 3 aromatic rings. The Morgan fingerprint density at radius 1 is 1.00 bits per heavy atom. The molecule has 1 saturated heterocycles. The zero-order valence-corrected chi connectivity index (χ0v) is 21.1. The number of nitro benzene ring substituents is 1. The zero-order chi connectivity index (χ0) is 27.2. The van der Waals surface area contributed by atoms with Gasteiger partial charge in [0, 0.05) is 16.8 Å². The number of amides is 3. The topological polar surface area (TPSA) is 134 Å². The van der Waals surface area contributed by atoms with Crippen LogP contribution in [0, 0.1) is 10.1 Å². The Kier molecular flexibility index (Phi) is 8.14. The van der Waals surface area contributed by atoms with Gasteiger partial charge in [-0.3, -0.25) is 34.8 Å². The van der Waals surface area contributed by atoms with E-state index >= 15 is 0 Å². The van der Waals surface area contributed by atoms with Crippen LogP contribution in [0.5, 0.6) is 5.75 Å². The van der Waals surface area contributed by atoms with Crippen molar-refractivity contribution in [3.8, 4) is 5.75 Å². The number of anilines is 2. The van der Waals surface area contributed by atoms with E-state index in [4.69, 9.17) is 28.6 Å². The smallest absolute Gasteiger partial charge is 0.310 e. The van der Waals surface area contributed by atoms with Crippen LogP contribution in [0.15, 0.2) is 78.9 Å². The number of nitro groups is 1. The molecule has 1 atom stereocenters.